The zero-order valence-electron chi connectivity index (χ0n) is 34.1. The topological polar surface area (TPSA) is 191 Å². The Kier molecular flexibility index (Phi) is 36.9. The third-order valence-corrected chi connectivity index (χ3v) is 6.97. The highest BCUT2D eigenvalue weighted by Gasteiger charge is 2.27. The molecule has 2 aromatic rings. The third kappa shape index (κ3) is 30.7. The van der Waals surface area contributed by atoms with Crippen LogP contribution in [0.5, 0.6) is 5.75 Å². The summed E-state index contributed by atoms with van der Waals surface area (Å²) in [4.78, 5) is 21.5. The number of aryl methyl sites for hydroxylation is 1. The highest BCUT2D eigenvalue weighted by molar-refractivity contribution is 5.84. The second-order valence-corrected chi connectivity index (χ2v) is 12.5. The number of aliphatic hydroxyl groups excluding tert-OH is 3. The highest BCUT2D eigenvalue weighted by Crippen LogP contribution is 2.31. The van der Waals surface area contributed by atoms with Crippen LogP contribution in [-0.2, 0) is 17.8 Å². The van der Waals surface area contributed by atoms with Gasteiger partial charge in [0.2, 0.25) is 5.96 Å². The van der Waals surface area contributed by atoms with Crippen molar-refractivity contribution in [2.75, 3.05) is 55.0 Å². The quantitative estimate of drug-likeness (QED) is 0.0685. The van der Waals surface area contributed by atoms with E-state index in [1.54, 1.807) is 0 Å². The van der Waals surface area contributed by atoms with Gasteiger partial charge in [-0.3, -0.25) is 4.99 Å². The van der Waals surface area contributed by atoms with Crippen molar-refractivity contribution in [3.8, 4) is 5.75 Å². The number of unbranched alkanes of at least 4 members (excludes halogenated alkanes) is 1. The lowest BCUT2D eigenvalue weighted by atomic mass is 9.85. The van der Waals surface area contributed by atoms with E-state index >= 15 is 0 Å². The molecule has 0 aliphatic carbocycles. The maximum absolute atomic E-state index is 12.0. The van der Waals surface area contributed by atoms with Crippen molar-refractivity contribution in [2.24, 2.45) is 31.9 Å². The van der Waals surface area contributed by atoms with Crippen LogP contribution in [0.1, 0.15) is 69.6 Å². The Labute approximate surface area is 322 Å². The van der Waals surface area contributed by atoms with Gasteiger partial charge in [0.15, 0.2) is 0 Å². The number of carbonyl (C=O) groups is 1. The van der Waals surface area contributed by atoms with Crippen LogP contribution in [0.4, 0.5) is 18.9 Å². The van der Waals surface area contributed by atoms with Crippen LogP contribution in [0, 0.1) is 12.3 Å². The van der Waals surface area contributed by atoms with Gasteiger partial charge in [-0.15, -0.1) is 0 Å². The van der Waals surface area contributed by atoms with Gasteiger partial charge in [-0.05, 0) is 96.8 Å². The number of guanidine groups is 1. The van der Waals surface area contributed by atoms with Crippen molar-refractivity contribution in [2.45, 2.75) is 91.1 Å². The lowest BCUT2D eigenvalue weighted by Crippen LogP contribution is -2.32. The number of rotatable bonds is 17. The fraction of sp³-hybridized carbons (Fsp3) is 0.590. The van der Waals surface area contributed by atoms with E-state index in [-0.39, 0.29) is 17.9 Å². The van der Waals surface area contributed by atoms with Crippen LogP contribution in [0.25, 0.3) is 0 Å². The van der Waals surface area contributed by atoms with Crippen molar-refractivity contribution < 1.29 is 38.0 Å². The second kappa shape index (κ2) is 35.0. The molecule has 0 amide bonds. The number of carbonyl (C=O) groups excluding carboxylic acids is 1. The zero-order chi connectivity index (χ0) is 42.8. The molecule has 0 spiro atoms. The Hall–Kier alpha value is -3.73. The summed E-state index contributed by atoms with van der Waals surface area (Å²) in [5.74, 6) is 0.727. The average molecular weight is 774 g/mol. The van der Waals surface area contributed by atoms with Gasteiger partial charge in [-0.2, -0.15) is 13.2 Å². The SMILES string of the molecule is C=NC(=NCc1ccc(C)cc1)NCC(F)(F)F.C=Nc1ccc(CC(C)(C)CN(C)C)c(OCCCC(O)C(O)CCCC)c1.C=O.CN.CN.CO. The molecule has 0 bridgehead atoms. The summed E-state index contributed by atoms with van der Waals surface area (Å²) < 4.78 is 42.0. The summed E-state index contributed by atoms with van der Waals surface area (Å²) in [6.07, 6.45) is -0.897. The minimum atomic E-state index is -4.30. The summed E-state index contributed by atoms with van der Waals surface area (Å²) in [6, 6.07) is 13.5. The normalized spacial score (nSPS) is 11.9. The molecule has 0 radical (unpaired) electrons. The van der Waals surface area contributed by atoms with Gasteiger partial charge in [0.1, 0.15) is 19.1 Å². The van der Waals surface area contributed by atoms with Crippen LogP contribution in [0.3, 0.4) is 0 Å². The van der Waals surface area contributed by atoms with E-state index in [4.69, 9.17) is 14.6 Å². The molecule has 0 fully saturated rings. The predicted molar refractivity (Wildman–Crippen MR) is 219 cm³/mol. The number of aliphatic hydroxyl groups is 3. The number of halogens is 3. The Balaban J connectivity index is -0.000000413. The van der Waals surface area contributed by atoms with E-state index in [0.717, 1.165) is 61.0 Å². The van der Waals surface area contributed by atoms with Gasteiger partial charge in [-0.1, -0.05) is 69.5 Å². The van der Waals surface area contributed by atoms with E-state index < -0.39 is 24.9 Å². The molecule has 0 aliphatic rings. The molecule has 2 unspecified atom stereocenters. The number of nitrogens with one attached hydrogen (secondary N) is 1. The van der Waals surface area contributed by atoms with Gasteiger partial charge in [0, 0.05) is 19.7 Å². The smallest absolute Gasteiger partial charge is 0.405 e. The van der Waals surface area contributed by atoms with Crippen LogP contribution in [0.15, 0.2) is 57.4 Å². The lowest BCUT2D eigenvalue weighted by molar-refractivity contribution is -0.122. The molecule has 2 rings (SSSR count). The highest BCUT2D eigenvalue weighted by atomic mass is 19.4. The van der Waals surface area contributed by atoms with Gasteiger partial charge < -0.3 is 46.5 Å². The average Bonchev–Trinajstić information content (AvgIpc) is 3.16. The number of benzene rings is 2. The van der Waals surface area contributed by atoms with E-state index in [9.17, 15) is 23.4 Å². The fourth-order valence-corrected chi connectivity index (χ4v) is 4.82. The van der Waals surface area contributed by atoms with E-state index in [2.05, 4.69) is 91.0 Å². The molecule has 312 valence electrons. The third-order valence-electron chi connectivity index (χ3n) is 6.97. The predicted octanol–water partition coefficient (Wildman–Crippen LogP) is 5.50. The minimum Gasteiger partial charge on any atom is -0.493 e. The van der Waals surface area contributed by atoms with Crippen molar-refractivity contribution in [1.82, 2.24) is 10.2 Å². The number of ether oxygens (including phenoxy) is 1. The molecule has 15 heteroatoms. The standard InChI is InChI=1S/C23H40N2O3.C12H14F3N3.2CH5N.CH4O.CH2O/c1-7-8-10-20(26)21(27)11-9-14-28-22-15-19(24-4)13-12-18(22)16-23(2,3)17-25(5)6;1-9-3-5-10(6-4-9)7-17-11(16-2)18-8-12(13,14)15;4*1-2/h12-13,15,20-21,26-27H,4,7-11,14,16-17H2,1-3,5-6H3;3-6H,2,7-8H2,1H3,(H,17,18);2*2H2,1H3;2H,1H3;1H2. The summed E-state index contributed by atoms with van der Waals surface area (Å²) in [6.45, 7) is 17.9. The number of hydrogen-bond donors (Lipinski definition) is 6. The largest absolute Gasteiger partial charge is 0.493 e. The van der Waals surface area contributed by atoms with E-state index in [1.807, 2.05) is 50.1 Å². The van der Waals surface area contributed by atoms with E-state index in [0.29, 0.717) is 25.9 Å². The number of nitrogens with zero attached hydrogens (tertiary/aromatic N) is 4. The Bertz CT molecular complexity index is 1230. The molecule has 0 aromatic heterocycles. The lowest BCUT2D eigenvalue weighted by Gasteiger charge is -2.29. The van der Waals surface area contributed by atoms with Gasteiger partial charge >= 0.3 is 6.18 Å². The van der Waals surface area contributed by atoms with Gasteiger partial charge in [-0.25, -0.2) is 9.98 Å². The molecule has 12 nitrogen and oxygen atoms in total. The first-order valence-corrected chi connectivity index (χ1v) is 17.6. The number of hydrogen-bond acceptors (Lipinski definition) is 10. The zero-order valence-corrected chi connectivity index (χ0v) is 34.1. The summed E-state index contributed by atoms with van der Waals surface area (Å²) in [5.41, 5.74) is 13.1. The van der Waals surface area contributed by atoms with Crippen LogP contribution < -0.4 is 21.5 Å². The summed E-state index contributed by atoms with van der Waals surface area (Å²) in [5, 5.41) is 29.1. The first kappa shape index (κ1) is 57.0. The van der Waals surface area contributed by atoms with Crippen LogP contribution >= 0.6 is 0 Å². The number of aliphatic imine (C=N–C) groups is 3. The maximum atomic E-state index is 12.0. The molecule has 0 saturated carbocycles. The molecule has 0 heterocycles. The molecule has 2 aromatic carbocycles. The Morgan fingerprint density at radius 3 is 1.94 bits per heavy atom. The Morgan fingerprint density at radius 1 is 0.944 bits per heavy atom. The van der Waals surface area contributed by atoms with Crippen molar-refractivity contribution in [3.63, 3.8) is 0 Å². The first-order valence-electron chi connectivity index (χ1n) is 17.6. The fourth-order valence-electron chi connectivity index (χ4n) is 4.82. The number of nitrogens with two attached hydrogens (primary N) is 2. The molecular formula is C39H70F3N7O5. The summed E-state index contributed by atoms with van der Waals surface area (Å²) in [7, 11) is 8.17. The summed E-state index contributed by atoms with van der Waals surface area (Å²) >= 11 is 0. The van der Waals surface area contributed by atoms with Crippen LogP contribution in [0.2, 0.25) is 0 Å². The Morgan fingerprint density at radius 2 is 1.48 bits per heavy atom. The molecule has 8 N–H and O–H groups in total. The monoisotopic (exact) mass is 774 g/mol. The first-order chi connectivity index (χ1) is 25.6. The number of alkyl halides is 3. The molecular weight excluding hydrogens is 703 g/mol. The van der Waals surface area contributed by atoms with Crippen molar-refractivity contribution in [1.29, 1.82) is 0 Å². The molecule has 0 saturated heterocycles. The molecule has 2 atom stereocenters. The van der Waals surface area contributed by atoms with Crippen molar-refractivity contribution >= 4 is 31.9 Å². The minimum absolute atomic E-state index is 0.104. The van der Waals surface area contributed by atoms with Crippen LogP contribution in [-0.4, -0.2) is 120 Å². The molecule has 0 aliphatic heterocycles. The van der Waals surface area contributed by atoms with Gasteiger partial charge in [0.05, 0.1) is 31.0 Å². The van der Waals surface area contributed by atoms with Crippen molar-refractivity contribution in [3.05, 3.63) is 59.2 Å². The second-order valence-electron chi connectivity index (χ2n) is 12.5. The molecule has 54 heavy (non-hydrogen) atoms. The van der Waals surface area contributed by atoms with Gasteiger partial charge in [0.25, 0.3) is 0 Å². The maximum Gasteiger partial charge on any atom is 0.405 e. The van der Waals surface area contributed by atoms with E-state index in [1.165, 1.54) is 14.1 Å².